The van der Waals surface area contributed by atoms with E-state index in [2.05, 4.69) is 15.3 Å². The van der Waals surface area contributed by atoms with Crippen LogP contribution in [0.25, 0.3) is 0 Å². The zero-order chi connectivity index (χ0) is 19.4. The second-order valence-electron chi connectivity index (χ2n) is 6.20. The average Bonchev–Trinajstić information content (AvgIpc) is 3.11. The number of anilines is 1. The van der Waals surface area contributed by atoms with Crippen LogP contribution in [0.5, 0.6) is 0 Å². The number of aromatic nitrogens is 2. The number of hydrogen-bond donors (Lipinski definition) is 2. The molecule has 27 heavy (non-hydrogen) atoms. The maximum Gasteiger partial charge on any atom is 0.338 e. The summed E-state index contributed by atoms with van der Waals surface area (Å²) >= 11 is 1.21. The second-order valence-corrected chi connectivity index (χ2v) is 7.53. The molecule has 1 unspecified atom stereocenters. The molecule has 0 saturated carbocycles. The maximum atomic E-state index is 12.4. The van der Waals surface area contributed by atoms with E-state index in [4.69, 9.17) is 4.74 Å². The van der Waals surface area contributed by atoms with Crippen molar-refractivity contribution in [3.63, 3.8) is 0 Å². The largest absolute Gasteiger partial charge is 0.462 e. The summed E-state index contributed by atoms with van der Waals surface area (Å²) in [6.45, 7) is 3.81. The van der Waals surface area contributed by atoms with Crippen molar-refractivity contribution in [3.8, 4) is 0 Å². The molecule has 8 heteroatoms. The van der Waals surface area contributed by atoms with E-state index in [9.17, 15) is 14.4 Å². The number of thioether (sulfide) groups is 1. The monoisotopic (exact) mass is 387 g/mol. The van der Waals surface area contributed by atoms with Crippen molar-refractivity contribution in [2.75, 3.05) is 11.9 Å². The predicted molar refractivity (Wildman–Crippen MR) is 103 cm³/mol. The zero-order valence-corrected chi connectivity index (χ0v) is 16.0. The molecule has 0 spiro atoms. The highest BCUT2D eigenvalue weighted by molar-refractivity contribution is 8.00. The highest BCUT2D eigenvalue weighted by Crippen LogP contribution is 2.23. The smallest absolute Gasteiger partial charge is 0.338 e. The molecule has 1 heterocycles. The van der Waals surface area contributed by atoms with Gasteiger partial charge in [-0.2, -0.15) is 0 Å². The third kappa shape index (κ3) is 4.57. The summed E-state index contributed by atoms with van der Waals surface area (Å²) in [5, 5.41) is 2.81. The molecule has 1 aliphatic rings. The van der Waals surface area contributed by atoms with Gasteiger partial charge in [0, 0.05) is 11.3 Å². The van der Waals surface area contributed by atoms with Crippen molar-refractivity contribution in [2.24, 2.45) is 0 Å². The predicted octanol–water partition coefficient (Wildman–Crippen LogP) is 2.55. The number of hydrogen-bond acceptors (Lipinski definition) is 6. The molecule has 0 aliphatic heterocycles. The molecule has 3 rings (SSSR count). The number of aryl methyl sites for hydroxylation is 1. The minimum absolute atomic E-state index is 0.109. The van der Waals surface area contributed by atoms with E-state index < -0.39 is 11.2 Å². The Hall–Kier alpha value is -2.61. The minimum Gasteiger partial charge on any atom is -0.462 e. The van der Waals surface area contributed by atoms with E-state index in [1.165, 1.54) is 11.8 Å². The van der Waals surface area contributed by atoms with Gasteiger partial charge in [-0.05, 0) is 57.4 Å². The van der Waals surface area contributed by atoms with E-state index in [0.29, 0.717) is 23.0 Å². The Morgan fingerprint density at radius 2 is 2.04 bits per heavy atom. The van der Waals surface area contributed by atoms with Crippen LogP contribution in [0.2, 0.25) is 0 Å². The van der Waals surface area contributed by atoms with Crippen molar-refractivity contribution >= 4 is 29.3 Å². The lowest BCUT2D eigenvalue weighted by Gasteiger charge is -2.12. The highest BCUT2D eigenvalue weighted by Gasteiger charge is 2.20. The number of esters is 1. The number of carbonyl (C=O) groups excluding carboxylic acids is 2. The summed E-state index contributed by atoms with van der Waals surface area (Å²) < 4.78 is 4.93. The van der Waals surface area contributed by atoms with E-state index in [1.54, 1.807) is 38.1 Å². The first-order valence-corrected chi connectivity index (χ1v) is 9.72. The van der Waals surface area contributed by atoms with Gasteiger partial charge in [0.15, 0.2) is 5.16 Å². The summed E-state index contributed by atoms with van der Waals surface area (Å²) in [5.41, 5.74) is 2.50. The minimum atomic E-state index is -0.447. The van der Waals surface area contributed by atoms with E-state index >= 15 is 0 Å². The number of rotatable bonds is 6. The molecule has 0 saturated heterocycles. The van der Waals surface area contributed by atoms with Crippen LogP contribution in [0.3, 0.4) is 0 Å². The highest BCUT2D eigenvalue weighted by atomic mass is 32.2. The van der Waals surface area contributed by atoms with Crippen LogP contribution in [0.4, 0.5) is 5.69 Å². The Labute approximate surface area is 160 Å². The van der Waals surface area contributed by atoms with Crippen LogP contribution >= 0.6 is 11.8 Å². The first-order valence-electron chi connectivity index (χ1n) is 8.84. The molecule has 2 N–H and O–H groups in total. The molecule has 0 bridgehead atoms. The van der Waals surface area contributed by atoms with Crippen molar-refractivity contribution < 1.29 is 14.3 Å². The number of fused-ring (bicyclic) bond motifs is 1. The first kappa shape index (κ1) is 19.2. The topological polar surface area (TPSA) is 101 Å². The second kappa shape index (κ2) is 8.39. The SMILES string of the molecule is CCOC(=O)c1ccc(NC(=O)C(C)Sc2nc3c(c(=O)[nH]2)CCC3)cc1. The van der Waals surface area contributed by atoms with Gasteiger partial charge in [0.1, 0.15) is 0 Å². The van der Waals surface area contributed by atoms with Gasteiger partial charge in [0.25, 0.3) is 5.56 Å². The van der Waals surface area contributed by atoms with Crippen LogP contribution in [0, 0.1) is 0 Å². The van der Waals surface area contributed by atoms with Gasteiger partial charge in [0.05, 0.1) is 23.1 Å². The fraction of sp³-hybridized carbons (Fsp3) is 0.368. The van der Waals surface area contributed by atoms with Crippen molar-refractivity contribution in [1.82, 2.24) is 9.97 Å². The van der Waals surface area contributed by atoms with Gasteiger partial charge in [-0.15, -0.1) is 0 Å². The molecule has 0 radical (unpaired) electrons. The molecule has 1 amide bonds. The van der Waals surface area contributed by atoms with Crippen LogP contribution in [0.15, 0.2) is 34.2 Å². The van der Waals surface area contributed by atoms with Crippen molar-refractivity contribution in [3.05, 3.63) is 51.4 Å². The van der Waals surface area contributed by atoms with Gasteiger partial charge < -0.3 is 15.0 Å². The molecule has 1 atom stereocenters. The lowest BCUT2D eigenvalue weighted by Crippen LogP contribution is -2.24. The molecule has 7 nitrogen and oxygen atoms in total. The molecule has 1 aromatic carbocycles. The fourth-order valence-corrected chi connectivity index (χ4v) is 3.66. The van der Waals surface area contributed by atoms with Crippen LogP contribution < -0.4 is 10.9 Å². The first-order chi connectivity index (χ1) is 13.0. The summed E-state index contributed by atoms with van der Waals surface area (Å²) in [4.78, 5) is 43.3. The number of carbonyl (C=O) groups is 2. The number of nitrogens with one attached hydrogen (secondary N) is 2. The van der Waals surface area contributed by atoms with Gasteiger partial charge >= 0.3 is 5.97 Å². The number of nitrogens with zero attached hydrogens (tertiary/aromatic N) is 1. The number of ether oxygens (including phenoxy) is 1. The van der Waals surface area contributed by atoms with Gasteiger partial charge in [-0.25, -0.2) is 9.78 Å². The summed E-state index contributed by atoms with van der Waals surface area (Å²) in [6, 6.07) is 6.50. The molecule has 1 aliphatic carbocycles. The lowest BCUT2D eigenvalue weighted by molar-refractivity contribution is -0.115. The third-order valence-electron chi connectivity index (χ3n) is 4.24. The zero-order valence-electron chi connectivity index (χ0n) is 15.2. The van der Waals surface area contributed by atoms with E-state index in [1.807, 2.05) is 0 Å². The van der Waals surface area contributed by atoms with Crippen LogP contribution in [0.1, 0.15) is 41.9 Å². The molecule has 142 valence electrons. The van der Waals surface area contributed by atoms with Crippen LogP contribution in [-0.2, 0) is 22.4 Å². The number of H-pyrrole nitrogens is 1. The van der Waals surface area contributed by atoms with Gasteiger partial charge in [-0.1, -0.05) is 11.8 Å². The summed E-state index contributed by atoms with van der Waals surface area (Å²) in [6.07, 6.45) is 2.51. The third-order valence-corrected chi connectivity index (χ3v) is 5.23. The Morgan fingerprint density at radius 3 is 2.74 bits per heavy atom. The Kier molecular flexibility index (Phi) is 5.95. The standard InChI is InChI=1S/C19H21N3O4S/c1-3-26-18(25)12-7-9-13(10-8-12)20-16(23)11(2)27-19-21-15-6-4-5-14(15)17(24)22-19/h7-11H,3-6H2,1-2H3,(H,20,23)(H,21,22,24). The summed E-state index contributed by atoms with van der Waals surface area (Å²) in [7, 11) is 0. The average molecular weight is 387 g/mol. The maximum absolute atomic E-state index is 12.4. The molecular weight excluding hydrogens is 366 g/mol. The molecular formula is C19H21N3O4S. The Morgan fingerprint density at radius 1 is 1.30 bits per heavy atom. The normalized spacial score (nSPS) is 13.7. The number of aromatic amines is 1. The molecule has 2 aromatic rings. The Bertz CT molecular complexity index is 908. The number of amides is 1. The quantitative estimate of drug-likeness (QED) is 0.449. The van der Waals surface area contributed by atoms with E-state index in [-0.39, 0.29) is 11.5 Å². The van der Waals surface area contributed by atoms with Gasteiger partial charge in [0.2, 0.25) is 5.91 Å². The Balaban J connectivity index is 1.62. The molecule has 0 fully saturated rings. The number of benzene rings is 1. The summed E-state index contributed by atoms with van der Waals surface area (Å²) in [5.74, 6) is -0.613. The van der Waals surface area contributed by atoms with Crippen molar-refractivity contribution in [1.29, 1.82) is 0 Å². The van der Waals surface area contributed by atoms with Crippen LogP contribution in [-0.4, -0.2) is 33.7 Å². The molecule has 1 aromatic heterocycles. The van der Waals surface area contributed by atoms with Gasteiger partial charge in [-0.3, -0.25) is 9.59 Å². The lowest BCUT2D eigenvalue weighted by atomic mass is 10.2. The van der Waals surface area contributed by atoms with Crippen molar-refractivity contribution in [2.45, 2.75) is 43.5 Å². The fourth-order valence-electron chi connectivity index (χ4n) is 2.84. The van der Waals surface area contributed by atoms with E-state index in [0.717, 1.165) is 30.5 Å².